The van der Waals surface area contributed by atoms with Crippen molar-refractivity contribution in [3.8, 4) is 0 Å². The molecule has 0 bridgehead atoms. The molecule has 0 heteroatoms. The van der Waals surface area contributed by atoms with Crippen molar-refractivity contribution in [2.24, 2.45) is 11.8 Å². The number of unbranched alkanes of at least 4 members (excludes halogenated alkanes) is 6. The Hall–Kier alpha value is -0.780. The van der Waals surface area contributed by atoms with Gasteiger partial charge in [0.1, 0.15) is 0 Å². The SMILES string of the molecule is C=CCCCC/C=C/[C@H]1CCC[C@@H]1C/C=C\CCCCC. The summed E-state index contributed by atoms with van der Waals surface area (Å²) in [5.74, 6) is 1.77. The van der Waals surface area contributed by atoms with Crippen LogP contribution in [0, 0.1) is 11.8 Å². The zero-order valence-corrected chi connectivity index (χ0v) is 14.2. The van der Waals surface area contributed by atoms with Gasteiger partial charge in [0.25, 0.3) is 0 Å². The van der Waals surface area contributed by atoms with E-state index in [4.69, 9.17) is 0 Å². The molecule has 120 valence electrons. The summed E-state index contributed by atoms with van der Waals surface area (Å²) in [4.78, 5) is 0. The van der Waals surface area contributed by atoms with Crippen molar-refractivity contribution in [3.05, 3.63) is 37.0 Å². The summed E-state index contributed by atoms with van der Waals surface area (Å²) in [7, 11) is 0. The highest BCUT2D eigenvalue weighted by Crippen LogP contribution is 2.35. The molecule has 0 aromatic carbocycles. The van der Waals surface area contributed by atoms with Crippen LogP contribution in [0.5, 0.6) is 0 Å². The Kier molecular flexibility index (Phi) is 11.2. The van der Waals surface area contributed by atoms with Gasteiger partial charge in [0.05, 0.1) is 0 Å². The molecule has 0 aromatic rings. The van der Waals surface area contributed by atoms with Crippen LogP contribution in [0.2, 0.25) is 0 Å². The Labute approximate surface area is 133 Å². The van der Waals surface area contributed by atoms with Crippen molar-refractivity contribution in [2.75, 3.05) is 0 Å². The molecule has 1 aliphatic rings. The van der Waals surface area contributed by atoms with Crippen molar-refractivity contribution in [1.29, 1.82) is 0 Å². The summed E-state index contributed by atoms with van der Waals surface area (Å²) in [5.41, 5.74) is 0. The van der Waals surface area contributed by atoms with E-state index in [0.717, 1.165) is 11.8 Å². The normalized spacial score (nSPS) is 22.5. The highest BCUT2D eigenvalue weighted by atomic mass is 14.3. The monoisotopic (exact) mass is 288 g/mol. The predicted molar refractivity (Wildman–Crippen MR) is 96.5 cm³/mol. The molecule has 0 aliphatic heterocycles. The lowest BCUT2D eigenvalue weighted by Crippen LogP contribution is -2.03. The zero-order valence-electron chi connectivity index (χ0n) is 14.2. The van der Waals surface area contributed by atoms with Gasteiger partial charge in [0.15, 0.2) is 0 Å². The second-order valence-corrected chi connectivity index (χ2v) is 6.56. The van der Waals surface area contributed by atoms with Gasteiger partial charge >= 0.3 is 0 Å². The van der Waals surface area contributed by atoms with Crippen LogP contribution in [0.1, 0.15) is 84.0 Å². The van der Waals surface area contributed by atoms with E-state index >= 15 is 0 Å². The summed E-state index contributed by atoms with van der Waals surface area (Å²) in [6.07, 6.45) is 27.8. The number of rotatable bonds is 12. The van der Waals surface area contributed by atoms with Gasteiger partial charge in [-0.3, -0.25) is 0 Å². The summed E-state index contributed by atoms with van der Waals surface area (Å²) < 4.78 is 0. The van der Waals surface area contributed by atoms with Crippen molar-refractivity contribution >= 4 is 0 Å². The minimum Gasteiger partial charge on any atom is -0.103 e. The van der Waals surface area contributed by atoms with Gasteiger partial charge in [-0.25, -0.2) is 0 Å². The highest BCUT2D eigenvalue weighted by Gasteiger charge is 2.23. The lowest BCUT2D eigenvalue weighted by atomic mass is 9.92. The minimum atomic E-state index is 0.852. The molecule has 0 spiro atoms. The van der Waals surface area contributed by atoms with Gasteiger partial charge < -0.3 is 0 Å². The lowest BCUT2D eigenvalue weighted by molar-refractivity contribution is 0.462. The molecule has 2 atom stereocenters. The Balaban J connectivity index is 2.15. The van der Waals surface area contributed by atoms with Gasteiger partial charge in [0.2, 0.25) is 0 Å². The molecule has 0 heterocycles. The van der Waals surface area contributed by atoms with Crippen LogP contribution in [0.3, 0.4) is 0 Å². The lowest BCUT2D eigenvalue weighted by Gasteiger charge is -2.14. The fraction of sp³-hybridized carbons (Fsp3) is 0.714. The molecule has 0 unspecified atom stereocenters. The molecule has 0 amide bonds. The number of allylic oxidation sites excluding steroid dienone is 5. The minimum absolute atomic E-state index is 0.852. The van der Waals surface area contributed by atoms with Crippen LogP contribution >= 0.6 is 0 Å². The van der Waals surface area contributed by atoms with Gasteiger partial charge in [-0.2, -0.15) is 0 Å². The average Bonchev–Trinajstić information content (AvgIpc) is 2.94. The topological polar surface area (TPSA) is 0 Å². The van der Waals surface area contributed by atoms with Crippen LogP contribution in [0.4, 0.5) is 0 Å². The molecule has 0 nitrogen and oxygen atoms in total. The van der Waals surface area contributed by atoms with E-state index < -0.39 is 0 Å². The molecule has 1 rings (SSSR count). The average molecular weight is 289 g/mol. The molecule has 1 aliphatic carbocycles. The standard InChI is InChI=1S/C21H36/c1-3-5-7-9-11-13-16-20-18-15-19-21(20)17-14-12-10-8-6-4-2/h3,12-14,16,20-21H,1,4-11,15,17-19H2,2H3/b14-12-,16-13+/t20-,21-/m0/s1. The van der Waals surface area contributed by atoms with Crippen molar-refractivity contribution in [3.63, 3.8) is 0 Å². The zero-order chi connectivity index (χ0) is 15.2. The van der Waals surface area contributed by atoms with E-state index in [-0.39, 0.29) is 0 Å². The largest absolute Gasteiger partial charge is 0.103 e. The Bertz CT molecular complexity index is 297. The second-order valence-electron chi connectivity index (χ2n) is 6.56. The fourth-order valence-corrected chi connectivity index (χ4v) is 3.33. The van der Waals surface area contributed by atoms with Gasteiger partial charge in [0, 0.05) is 0 Å². The van der Waals surface area contributed by atoms with E-state index in [1.54, 1.807) is 0 Å². The van der Waals surface area contributed by atoms with Crippen molar-refractivity contribution in [2.45, 2.75) is 84.0 Å². The van der Waals surface area contributed by atoms with Crippen LogP contribution in [-0.4, -0.2) is 0 Å². The van der Waals surface area contributed by atoms with Crippen LogP contribution in [0.25, 0.3) is 0 Å². The Morgan fingerprint density at radius 1 is 0.905 bits per heavy atom. The molecule has 1 saturated carbocycles. The molecule has 0 N–H and O–H groups in total. The second kappa shape index (κ2) is 12.9. The molecule has 0 radical (unpaired) electrons. The van der Waals surface area contributed by atoms with Gasteiger partial charge in [-0.05, 0) is 69.6 Å². The fourth-order valence-electron chi connectivity index (χ4n) is 3.33. The van der Waals surface area contributed by atoms with Gasteiger partial charge in [-0.1, -0.05) is 56.6 Å². The number of hydrogen-bond donors (Lipinski definition) is 0. The molecule has 1 fully saturated rings. The van der Waals surface area contributed by atoms with Crippen LogP contribution < -0.4 is 0 Å². The van der Waals surface area contributed by atoms with E-state index in [2.05, 4.69) is 37.8 Å². The summed E-state index contributed by atoms with van der Waals surface area (Å²) in [6, 6.07) is 0. The first-order chi connectivity index (χ1) is 10.4. The highest BCUT2D eigenvalue weighted by molar-refractivity contribution is 4.97. The molecular formula is C21H36. The van der Waals surface area contributed by atoms with Crippen molar-refractivity contribution in [1.82, 2.24) is 0 Å². The first-order valence-electron chi connectivity index (χ1n) is 9.31. The quantitative estimate of drug-likeness (QED) is 0.262. The molecule has 0 aromatic heterocycles. The first kappa shape index (κ1) is 18.3. The van der Waals surface area contributed by atoms with E-state index in [1.165, 1.54) is 77.0 Å². The summed E-state index contributed by atoms with van der Waals surface area (Å²) in [5, 5.41) is 0. The Morgan fingerprint density at radius 3 is 2.48 bits per heavy atom. The smallest absolute Gasteiger partial charge is 0.0202 e. The maximum Gasteiger partial charge on any atom is -0.0202 e. The molecule has 21 heavy (non-hydrogen) atoms. The molecular weight excluding hydrogens is 252 g/mol. The third-order valence-corrected chi connectivity index (χ3v) is 4.71. The summed E-state index contributed by atoms with van der Waals surface area (Å²) >= 11 is 0. The summed E-state index contributed by atoms with van der Waals surface area (Å²) in [6.45, 7) is 6.05. The van der Waals surface area contributed by atoms with E-state index in [1.807, 2.05) is 6.08 Å². The molecule has 0 saturated heterocycles. The van der Waals surface area contributed by atoms with Crippen LogP contribution in [-0.2, 0) is 0 Å². The maximum absolute atomic E-state index is 3.78. The van der Waals surface area contributed by atoms with E-state index in [9.17, 15) is 0 Å². The van der Waals surface area contributed by atoms with Crippen molar-refractivity contribution < 1.29 is 0 Å². The third-order valence-electron chi connectivity index (χ3n) is 4.71. The van der Waals surface area contributed by atoms with Crippen LogP contribution in [0.15, 0.2) is 37.0 Å². The Morgan fingerprint density at radius 2 is 1.67 bits per heavy atom. The third kappa shape index (κ3) is 8.96. The predicted octanol–water partition coefficient (Wildman–Crippen LogP) is 7.23. The number of hydrogen-bond acceptors (Lipinski definition) is 0. The maximum atomic E-state index is 3.78. The van der Waals surface area contributed by atoms with E-state index in [0.29, 0.717) is 0 Å². The van der Waals surface area contributed by atoms with Gasteiger partial charge in [-0.15, -0.1) is 6.58 Å². The first-order valence-corrected chi connectivity index (χ1v) is 9.31.